The lowest BCUT2D eigenvalue weighted by atomic mass is 10.1. The summed E-state index contributed by atoms with van der Waals surface area (Å²) in [5.74, 6) is 0.906. The van der Waals surface area contributed by atoms with Crippen LogP contribution >= 0.6 is 0 Å². The second kappa shape index (κ2) is 7.46. The molecule has 0 radical (unpaired) electrons. The highest BCUT2D eigenvalue weighted by Gasteiger charge is 2.39. The number of benzene rings is 1. The molecule has 1 N–H and O–H groups in total. The molecule has 0 spiro atoms. The molecule has 5 nitrogen and oxygen atoms in total. The third kappa shape index (κ3) is 3.73. The molecule has 4 rings (SSSR count). The minimum Gasteiger partial charge on any atom is -0.384 e. The highest BCUT2D eigenvalue weighted by Crippen LogP contribution is 2.40. The average molecular weight is 351 g/mol. The third-order valence-electron chi connectivity index (χ3n) is 5.36. The summed E-state index contributed by atoms with van der Waals surface area (Å²) in [5.41, 5.74) is 2.86. The minimum absolute atomic E-state index is 0.0806. The zero-order valence-electron chi connectivity index (χ0n) is 15.1. The quantitative estimate of drug-likeness (QED) is 0.869. The topological polar surface area (TPSA) is 54.5 Å². The standard InChI is InChI=1S/C21H25N3O2/c1-26-14-15-8-10-24(13-15)17-7-9-22-20(11-17)21(25)23-19-12-18(19)16-5-3-2-4-6-16/h2-7,9,11,15,18-19H,8,10,12-14H2,1H3,(H,23,25)/t15-,18-,19+/m0/s1. The molecule has 136 valence electrons. The Kier molecular flexibility index (Phi) is 4.89. The van der Waals surface area contributed by atoms with Gasteiger partial charge in [0.25, 0.3) is 5.91 Å². The number of carbonyl (C=O) groups excluding carboxylic acids is 1. The summed E-state index contributed by atoms with van der Waals surface area (Å²) in [7, 11) is 1.75. The lowest BCUT2D eigenvalue weighted by Crippen LogP contribution is -2.28. The van der Waals surface area contributed by atoms with E-state index >= 15 is 0 Å². The molecule has 1 aliphatic carbocycles. The molecular formula is C21H25N3O2. The Morgan fingerprint density at radius 2 is 2.15 bits per heavy atom. The molecule has 1 saturated heterocycles. The molecule has 1 aromatic carbocycles. The Hall–Kier alpha value is -2.40. The van der Waals surface area contributed by atoms with Crippen LogP contribution in [0.3, 0.4) is 0 Å². The maximum Gasteiger partial charge on any atom is 0.270 e. The molecule has 2 aromatic rings. The summed E-state index contributed by atoms with van der Waals surface area (Å²) >= 11 is 0. The van der Waals surface area contributed by atoms with Crippen molar-refractivity contribution in [3.05, 3.63) is 59.9 Å². The number of pyridine rings is 1. The number of nitrogens with one attached hydrogen (secondary N) is 1. The van der Waals surface area contributed by atoms with Gasteiger partial charge in [-0.15, -0.1) is 0 Å². The predicted octanol–water partition coefficient (Wildman–Crippen LogP) is 2.84. The van der Waals surface area contributed by atoms with Crippen molar-refractivity contribution in [3.8, 4) is 0 Å². The van der Waals surface area contributed by atoms with Crippen molar-refractivity contribution >= 4 is 11.6 Å². The molecule has 3 atom stereocenters. The second-order valence-electron chi connectivity index (χ2n) is 7.29. The Labute approximate surface area is 154 Å². The van der Waals surface area contributed by atoms with Crippen LogP contribution in [0.25, 0.3) is 0 Å². The van der Waals surface area contributed by atoms with Crippen LogP contribution in [-0.2, 0) is 4.74 Å². The van der Waals surface area contributed by atoms with Crippen molar-refractivity contribution in [1.29, 1.82) is 0 Å². The fraction of sp³-hybridized carbons (Fsp3) is 0.429. The molecule has 1 aromatic heterocycles. The van der Waals surface area contributed by atoms with Gasteiger partial charge in [-0.3, -0.25) is 9.78 Å². The van der Waals surface area contributed by atoms with E-state index in [1.807, 2.05) is 30.3 Å². The van der Waals surface area contributed by atoms with Crippen LogP contribution in [0.5, 0.6) is 0 Å². The van der Waals surface area contributed by atoms with Crippen LogP contribution in [0.4, 0.5) is 5.69 Å². The van der Waals surface area contributed by atoms with Crippen LogP contribution in [0.1, 0.15) is 34.8 Å². The van der Waals surface area contributed by atoms with Gasteiger partial charge in [-0.25, -0.2) is 0 Å². The first-order valence-corrected chi connectivity index (χ1v) is 9.30. The van der Waals surface area contributed by atoms with Gasteiger partial charge in [0.15, 0.2) is 0 Å². The Morgan fingerprint density at radius 1 is 1.31 bits per heavy atom. The number of rotatable bonds is 6. The molecule has 1 amide bonds. The van der Waals surface area contributed by atoms with Crippen molar-refractivity contribution in [1.82, 2.24) is 10.3 Å². The van der Waals surface area contributed by atoms with Gasteiger partial charge in [-0.1, -0.05) is 30.3 Å². The van der Waals surface area contributed by atoms with E-state index < -0.39 is 0 Å². The van der Waals surface area contributed by atoms with Crippen LogP contribution < -0.4 is 10.2 Å². The number of carbonyl (C=O) groups is 1. The normalized spacial score (nSPS) is 24.5. The summed E-state index contributed by atoms with van der Waals surface area (Å²) in [4.78, 5) is 19.2. The van der Waals surface area contributed by atoms with E-state index in [-0.39, 0.29) is 11.9 Å². The van der Waals surface area contributed by atoms with Gasteiger partial charge in [0.1, 0.15) is 5.69 Å². The van der Waals surface area contributed by atoms with E-state index in [9.17, 15) is 4.79 Å². The van der Waals surface area contributed by atoms with Crippen molar-refractivity contribution < 1.29 is 9.53 Å². The number of amides is 1. The summed E-state index contributed by atoms with van der Waals surface area (Å²) < 4.78 is 5.27. The van der Waals surface area contributed by atoms with Crippen LogP contribution in [0.2, 0.25) is 0 Å². The molecular weight excluding hydrogens is 326 g/mol. The second-order valence-corrected chi connectivity index (χ2v) is 7.29. The van der Waals surface area contributed by atoms with Gasteiger partial charge in [0.05, 0.1) is 6.61 Å². The maximum atomic E-state index is 12.6. The van der Waals surface area contributed by atoms with Gasteiger partial charge < -0.3 is 15.0 Å². The number of ether oxygens (including phenoxy) is 1. The van der Waals surface area contributed by atoms with E-state index in [0.29, 0.717) is 17.5 Å². The maximum absolute atomic E-state index is 12.6. The summed E-state index contributed by atoms with van der Waals surface area (Å²) in [6.07, 6.45) is 3.86. The largest absolute Gasteiger partial charge is 0.384 e. The van der Waals surface area contributed by atoms with E-state index in [1.54, 1.807) is 13.3 Å². The first-order valence-electron chi connectivity index (χ1n) is 9.30. The van der Waals surface area contributed by atoms with Gasteiger partial charge >= 0.3 is 0 Å². The Balaban J connectivity index is 1.37. The van der Waals surface area contributed by atoms with E-state index in [0.717, 1.165) is 38.2 Å². The molecule has 26 heavy (non-hydrogen) atoms. The highest BCUT2D eigenvalue weighted by atomic mass is 16.5. The third-order valence-corrected chi connectivity index (χ3v) is 5.36. The lowest BCUT2D eigenvalue weighted by Gasteiger charge is -2.19. The fourth-order valence-corrected chi connectivity index (χ4v) is 3.84. The van der Waals surface area contributed by atoms with Crippen molar-refractivity contribution in [2.45, 2.75) is 24.8 Å². The number of hydrogen-bond acceptors (Lipinski definition) is 4. The minimum atomic E-state index is -0.0806. The zero-order chi connectivity index (χ0) is 17.9. The first-order chi connectivity index (χ1) is 12.7. The van der Waals surface area contributed by atoms with Crippen molar-refractivity contribution in [2.24, 2.45) is 5.92 Å². The van der Waals surface area contributed by atoms with Gasteiger partial charge in [-0.05, 0) is 30.5 Å². The predicted molar refractivity (Wildman–Crippen MR) is 101 cm³/mol. The summed E-state index contributed by atoms with van der Waals surface area (Å²) in [6, 6.07) is 14.5. The lowest BCUT2D eigenvalue weighted by molar-refractivity contribution is 0.0945. The number of nitrogens with zero attached hydrogens (tertiary/aromatic N) is 2. The molecule has 0 unspecified atom stereocenters. The van der Waals surface area contributed by atoms with Crippen LogP contribution in [-0.4, -0.2) is 43.7 Å². The SMILES string of the molecule is COC[C@H]1CCN(c2ccnc(C(=O)N[C@@H]3C[C@H]3c3ccccc3)c2)C1. The Morgan fingerprint density at radius 3 is 2.96 bits per heavy atom. The monoisotopic (exact) mass is 351 g/mol. The molecule has 5 heteroatoms. The van der Waals surface area contributed by atoms with E-state index in [2.05, 4.69) is 27.3 Å². The van der Waals surface area contributed by atoms with E-state index in [4.69, 9.17) is 4.74 Å². The molecule has 2 aliphatic rings. The number of methoxy groups -OCH3 is 1. The molecule has 1 aliphatic heterocycles. The van der Waals surface area contributed by atoms with Gasteiger partial charge in [-0.2, -0.15) is 0 Å². The van der Waals surface area contributed by atoms with Crippen molar-refractivity contribution in [3.63, 3.8) is 0 Å². The van der Waals surface area contributed by atoms with Crippen LogP contribution in [0, 0.1) is 5.92 Å². The average Bonchev–Trinajstić information content (AvgIpc) is 3.28. The fourth-order valence-electron chi connectivity index (χ4n) is 3.84. The highest BCUT2D eigenvalue weighted by molar-refractivity contribution is 5.93. The zero-order valence-corrected chi connectivity index (χ0v) is 15.1. The molecule has 2 fully saturated rings. The summed E-state index contributed by atoms with van der Waals surface area (Å²) in [6.45, 7) is 2.76. The first kappa shape index (κ1) is 17.0. The number of anilines is 1. The van der Waals surface area contributed by atoms with Crippen molar-refractivity contribution in [2.75, 3.05) is 31.7 Å². The van der Waals surface area contributed by atoms with Gasteiger partial charge in [0, 0.05) is 50.0 Å². The van der Waals surface area contributed by atoms with Gasteiger partial charge in [0.2, 0.25) is 0 Å². The molecule has 1 saturated carbocycles. The molecule has 0 bridgehead atoms. The number of aromatic nitrogens is 1. The van der Waals surface area contributed by atoms with E-state index in [1.165, 1.54) is 5.56 Å². The smallest absolute Gasteiger partial charge is 0.270 e. The summed E-state index contributed by atoms with van der Waals surface area (Å²) in [5, 5.41) is 3.13. The molecule has 2 heterocycles. The number of hydrogen-bond donors (Lipinski definition) is 1. The van der Waals surface area contributed by atoms with Crippen LogP contribution in [0.15, 0.2) is 48.7 Å². The Bertz CT molecular complexity index is 765.